The van der Waals surface area contributed by atoms with Gasteiger partial charge in [0.2, 0.25) is 5.91 Å². The summed E-state index contributed by atoms with van der Waals surface area (Å²) in [4.78, 5) is 19.2. The van der Waals surface area contributed by atoms with E-state index in [1.807, 2.05) is 30.3 Å². The van der Waals surface area contributed by atoms with Crippen molar-refractivity contribution in [1.29, 1.82) is 0 Å². The van der Waals surface area contributed by atoms with Crippen molar-refractivity contribution in [3.05, 3.63) is 64.7 Å². The first kappa shape index (κ1) is 19.1. The van der Waals surface area contributed by atoms with Gasteiger partial charge in [-0.05, 0) is 35.9 Å². The molecule has 1 amide bonds. The van der Waals surface area contributed by atoms with Gasteiger partial charge in [-0.1, -0.05) is 41.1 Å². The van der Waals surface area contributed by atoms with Crippen molar-refractivity contribution in [2.24, 2.45) is 5.73 Å². The number of ether oxygens (including phenoxy) is 1. The highest BCUT2D eigenvalue weighted by atomic mass is 35.5. The van der Waals surface area contributed by atoms with Gasteiger partial charge in [0.1, 0.15) is 11.4 Å². The fourth-order valence-electron chi connectivity index (χ4n) is 3.54. The second kappa shape index (κ2) is 7.43. The molecule has 30 heavy (non-hydrogen) atoms. The van der Waals surface area contributed by atoms with Gasteiger partial charge in [-0.15, -0.1) is 11.3 Å². The fourth-order valence-corrected chi connectivity index (χ4v) is 6.02. The van der Waals surface area contributed by atoms with Crippen molar-refractivity contribution < 1.29 is 9.53 Å². The number of nitrogens with zero attached hydrogens (tertiary/aromatic N) is 1. The van der Waals surface area contributed by atoms with E-state index >= 15 is 0 Å². The van der Waals surface area contributed by atoms with E-state index in [1.54, 1.807) is 23.5 Å². The van der Waals surface area contributed by atoms with Gasteiger partial charge in [0.25, 0.3) is 0 Å². The van der Waals surface area contributed by atoms with E-state index in [0.29, 0.717) is 28.1 Å². The quantitative estimate of drug-likeness (QED) is 0.430. The number of hydrogen-bond donors (Lipinski definition) is 2. The van der Waals surface area contributed by atoms with Crippen molar-refractivity contribution in [2.75, 3.05) is 12.3 Å². The van der Waals surface area contributed by atoms with E-state index < -0.39 is 5.91 Å². The molecule has 3 heterocycles. The molecule has 150 valence electrons. The maximum atomic E-state index is 11.5. The normalized spacial score (nSPS) is 12.6. The topological polar surface area (TPSA) is 91.2 Å². The Balaban J connectivity index is 1.65. The third kappa shape index (κ3) is 3.25. The number of fused-ring (bicyclic) bond motifs is 3. The van der Waals surface area contributed by atoms with Crippen LogP contribution in [0.2, 0.25) is 5.02 Å². The van der Waals surface area contributed by atoms with Crippen LogP contribution in [0.3, 0.4) is 0 Å². The number of nitrogen functional groups attached to an aromatic ring is 1. The van der Waals surface area contributed by atoms with Crippen LogP contribution < -0.4 is 16.2 Å². The molecule has 2 aromatic heterocycles. The van der Waals surface area contributed by atoms with Crippen molar-refractivity contribution in [1.82, 2.24) is 4.98 Å². The number of halogens is 1. The number of benzene rings is 2. The molecule has 5 nitrogen and oxygen atoms in total. The number of nitrogens with two attached hydrogens (primary N) is 2. The van der Waals surface area contributed by atoms with Gasteiger partial charge in [-0.3, -0.25) is 4.79 Å². The summed E-state index contributed by atoms with van der Waals surface area (Å²) in [5.74, 6) is 0.197. The highest BCUT2D eigenvalue weighted by Gasteiger charge is 2.23. The lowest BCUT2D eigenvalue weighted by molar-refractivity contribution is 0.1000. The van der Waals surface area contributed by atoms with Crippen LogP contribution in [0.5, 0.6) is 5.75 Å². The second-order valence-electron chi connectivity index (χ2n) is 6.85. The third-order valence-corrected chi connectivity index (χ3v) is 7.41. The van der Waals surface area contributed by atoms with Crippen LogP contribution in [0.25, 0.3) is 31.5 Å². The highest BCUT2D eigenvalue weighted by Crippen LogP contribution is 2.48. The zero-order chi connectivity index (χ0) is 20.8. The summed E-state index contributed by atoms with van der Waals surface area (Å²) in [6.45, 7) is 0.523. The molecule has 0 radical (unpaired) electrons. The van der Waals surface area contributed by atoms with Gasteiger partial charge in [-0.25, -0.2) is 4.98 Å². The third-order valence-electron chi connectivity index (χ3n) is 4.94. The summed E-state index contributed by atoms with van der Waals surface area (Å²) >= 11 is 9.51. The molecule has 8 heteroatoms. The Morgan fingerprint density at radius 2 is 1.90 bits per heavy atom. The molecule has 0 saturated heterocycles. The SMILES string of the molecule is NC(=O)c1ccc2c(c1)OCCc1cc(-c3nc(N)sc3-c3ccccc3Cl)sc1-2. The van der Waals surface area contributed by atoms with Crippen LogP contribution >= 0.6 is 34.3 Å². The monoisotopic (exact) mass is 453 g/mol. The summed E-state index contributed by atoms with van der Waals surface area (Å²) < 4.78 is 5.89. The molecule has 1 aliphatic heterocycles. The number of carbonyl (C=O) groups is 1. The van der Waals surface area contributed by atoms with Crippen molar-refractivity contribution in [3.8, 4) is 37.2 Å². The van der Waals surface area contributed by atoms with Crippen molar-refractivity contribution >= 4 is 45.3 Å². The second-order valence-corrected chi connectivity index (χ2v) is 9.34. The van der Waals surface area contributed by atoms with Gasteiger partial charge in [-0.2, -0.15) is 0 Å². The Bertz CT molecular complexity index is 1300. The van der Waals surface area contributed by atoms with Crippen LogP contribution in [0, 0.1) is 0 Å². The zero-order valence-electron chi connectivity index (χ0n) is 15.6. The molecule has 2 aromatic carbocycles. The van der Waals surface area contributed by atoms with E-state index in [-0.39, 0.29) is 0 Å². The molecule has 1 aliphatic rings. The summed E-state index contributed by atoms with van der Waals surface area (Å²) in [5.41, 5.74) is 15.8. The number of rotatable bonds is 3. The Labute approximate surface area is 185 Å². The lowest BCUT2D eigenvalue weighted by atomic mass is 10.0. The number of thiophene rings is 1. The number of anilines is 1. The Hall–Kier alpha value is -2.87. The lowest BCUT2D eigenvalue weighted by Crippen LogP contribution is -2.11. The number of thiazole rings is 1. The summed E-state index contributed by atoms with van der Waals surface area (Å²) in [7, 11) is 0. The molecule has 4 N–H and O–H groups in total. The fraction of sp³-hybridized carbons (Fsp3) is 0.0909. The van der Waals surface area contributed by atoms with Crippen molar-refractivity contribution in [3.63, 3.8) is 0 Å². The largest absolute Gasteiger partial charge is 0.493 e. The first-order valence-electron chi connectivity index (χ1n) is 9.22. The van der Waals surface area contributed by atoms with Crippen LogP contribution in [-0.4, -0.2) is 17.5 Å². The minimum absolute atomic E-state index is 0.433. The minimum Gasteiger partial charge on any atom is -0.493 e. The average Bonchev–Trinajstić information content (AvgIpc) is 3.27. The standard InChI is InChI=1S/C22H16ClN3O2S2/c23-15-4-2-1-3-13(15)20-18(26-22(25)30-20)17-10-11-7-8-28-16-9-12(21(24)27)5-6-14(16)19(11)29-17/h1-6,9-10H,7-8H2,(H2,24,27)(H2,25,26). The van der Waals surface area contributed by atoms with Crippen LogP contribution in [0.4, 0.5) is 5.13 Å². The van der Waals surface area contributed by atoms with Crippen molar-refractivity contribution in [2.45, 2.75) is 6.42 Å². The maximum Gasteiger partial charge on any atom is 0.248 e. The first-order valence-corrected chi connectivity index (χ1v) is 11.2. The van der Waals surface area contributed by atoms with E-state index in [4.69, 9.17) is 27.8 Å². The Morgan fingerprint density at radius 3 is 2.70 bits per heavy atom. The molecule has 0 atom stereocenters. The van der Waals surface area contributed by atoms with E-state index in [0.717, 1.165) is 37.9 Å². The molecule has 0 fully saturated rings. The Morgan fingerprint density at radius 1 is 1.07 bits per heavy atom. The van der Waals surface area contributed by atoms with Crippen LogP contribution in [-0.2, 0) is 6.42 Å². The number of carbonyl (C=O) groups excluding carboxylic acids is 1. The molecule has 0 unspecified atom stereocenters. The van der Waals surface area contributed by atoms with Crippen LogP contribution in [0.15, 0.2) is 48.5 Å². The smallest absolute Gasteiger partial charge is 0.248 e. The predicted octanol–water partition coefficient (Wildman–Crippen LogP) is 5.48. The van der Waals surface area contributed by atoms with Gasteiger partial charge in [0.05, 0.1) is 16.4 Å². The lowest BCUT2D eigenvalue weighted by Gasteiger charge is -2.08. The minimum atomic E-state index is -0.472. The van der Waals surface area contributed by atoms with Crippen LogP contribution in [0.1, 0.15) is 15.9 Å². The molecular formula is C22H16ClN3O2S2. The predicted molar refractivity (Wildman–Crippen MR) is 123 cm³/mol. The van der Waals surface area contributed by atoms with E-state index in [1.165, 1.54) is 16.9 Å². The first-order chi connectivity index (χ1) is 14.5. The average molecular weight is 454 g/mol. The molecule has 0 bridgehead atoms. The molecular weight excluding hydrogens is 438 g/mol. The molecule has 0 spiro atoms. The highest BCUT2D eigenvalue weighted by molar-refractivity contribution is 7.21. The molecule has 4 aromatic rings. The number of aromatic nitrogens is 1. The van der Waals surface area contributed by atoms with E-state index in [9.17, 15) is 4.79 Å². The van der Waals surface area contributed by atoms with E-state index in [2.05, 4.69) is 11.1 Å². The molecule has 5 rings (SSSR count). The van der Waals surface area contributed by atoms with Gasteiger partial charge in [0, 0.05) is 33.0 Å². The Kier molecular flexibility index (Phi) is 4.73. The number of primary amides is 1. The molecule has 0 aliphatic carbocycles. The summed E-state index contributed by atoms with van der Waals surface area (Å²) in [6.07, 6.45) is 0.757. The maximum absolute atomic E-state index is 11.5. The molecule has 0 saturated carbocycles. The van der Waals surface area contributed by atoms with Gasteiger partial charge in [0.15, 0.2) is 5.13 Å². The number of amides is 1. The zero-order valence-corrected chi connectivity index (χ0v) is 18.0. The summed E-state index contributed by atoms with van der Waals surface area (Å²) in [5, 5.41) is 1.16. The van der Waals surface area contributed by atoms with Gasteiger partial charge < -0.3 is 16.2 Å². The number of hydrogen-bond acceptors (Lipinski definition) is 6. The summed E-state index contributed by atoms with van der Waals surface area (Å²) in [6, 6.07) is 15.2. The van der Waals surface area contributed by atoms with Gasteiger partial charge >= 0.3 is 0 Å².